The van der Waals surface area contributed by atoms with E-state index in [9.17, 15) is 22.0 Å². The summed E-state index contributed by atoms with van der Waals surface area (Å²) in [7, 11) is 0. The first-order valence-corrected chi connectivity index (χ1v) is 12.5. The van der Waals surface area contributed by atoms with Crippen molar-refractivity contribution in [3.05, 3.63) is 12.2 Å². The minimum absolute atomic E-state index is 0.0749. The zero-order valence-electron chi connectivity index (χ0n) is 18.8. The van der Waals surface area contributed by atoms with Gasteiger partial charge in [0.2, 0.25) is 0 Å². The van der Waals surface area contributed by atoms with E-state index in [1.54, 1.807) is 0 Å². The van der Waals surface area contributed by atoms with Crippen LogP contribution in [-0.2, 0) is 4.74 Å². The van der Waals surface area contributed by atoms with Gasteiger partial charge in [-0.15, -0.1) is 13.2 Å². The highest BCUT2D eigenvalue weighted by atomic mass is 19.4. The van der Waals surface area contributed by atoms with E-state index in [1.807, 2.05) is 0 Å². The summed E-state index contributed by atoms with van der Waals surface area (Å²) in [5.41, 5.74) is 0. The van der Waals surface area contributed by atoms with Crippen molar-refractivity contribution in [1.82, 2.24) is 0 Å². The van der Waals surface area contributed by atoms with E-state index >= 15 is 0 Å². The van der Waals surface area contributed by atoms with Crippen molar-refractivity contribution < 1.29 is 26.7 Å². The maximum atomic E-state index is 13.7. The van der Waals surface area contributed by atoms with E-state index < -0.39 is 18.4 Å². The predicted molar refractivity (Wildman–Crippen MR) is 112 cm³/mol. The Morgan fingerprint density at radius 3 is 1.58 bits per heavy atom. The fraction of sp³-hybridized carbons (Fsp3) is 0.920. The number of rotatable bonds is 7. The van der Waals surface area contributed by atoms with Crippen LogP contribution in [0.4, 0.5) is 22.0 Å². The van der Waals surface area contributed by atoms with Gasteiger partial charge >= 0.3 is 12.5 Å². The van der Waals surface area contributed by atoms with Crippen LogP contribution in [0.1, 0.15) is 96.8 Å². The van der Waals surface area contributed by atoms with Crippen molar-refractivity contribution in [2.24, 2.45) is 35.5 Å². The van der Waals surface area contributed by atoms with Gasteiger partial charge in [-0.05, 0) is 93.8 Å². The second-order valence-corrected chi connectivity index (χ2v) is 10.4. The molecule has 0 bridgehead atoms. The van der Waals surface area contributed by atoms with Crippen LogP contribution in [0.2, 0.25) is 0 Å². The van der Waals surface area contributed by atoms with Crippen molar-refractivity contribution in [2.45, 2.75) is 109 Å². The molecule has 0 radical (unpaired) electrons. The smallest absolute Gasteiger partial charge is 0.225 e. The molecule has 3 fully saturated rings. The molecular weight excluding hydrogens is 411 g/mol. The van der Waals surface area contributed by atoms with Crippen LogP contribution in [-0.4, -0.2) is 12.5 Å². The third-order valence-electron chi connectivity index (χ3n) is 8.23. The van der Waals surface area contributed by atoms with Gasteiger partial charge in [-0.2, -0.15) is 8.78 Å². The van der Waals surface area contributed by atoms with Gasteiger partial charge in [-0.1, -0.05) is 44.8 Å². The summed E-state index contributed by atoms with van der Waals surface area (Å²) < 4.78 is 67.1. The molecule has 0 aromatic heterocycles. The molecule has 6 heteroatoms. The topological polar surface area (TPSA) is 9.23 Å². The van der Waals surface area contributed by atoms with Gasteiger partial charge in [0.15, 0.2) is 0 Å². The average molecular weight is 451 g/mol. The molecule has 0 atom stereocenters. The Morgan fingerprint density at radius 2 is 1.13 bits per heavy atom. The number of halogens is 5. The Hall–Kier alpha value is -0.650. The summed E-state index contributed by atoms with van der Waals surface area (Å²) in [5.74, 6) is 2.16. The Bertz CT molecular complexity index is 549. The van der Waals surface area contributed by atoms with E-state index in [1.165, 1.54) is 64.2 Å². The molecule has 1 nitrogen and oxygen atoms in total. The standard InChI is InChI=1S/C25H39F5O/c1-2-3-18-6-12-21(13-7-18)22-14-8-19(9-15-22)4-5-20-10-16-23(17-11-20)24(26,27)31-25(28,29)30/h4-5,18-23H,2-3,6-17H2,1H3. The van der Waals surface area contributed by atoms with Crippen molar-refractivity contribution in [1.29, 1.82) is 0 Å². The minimum atomic E-state index is -5.30. The number of hydrogen-bond acceptors (Lipinski definition) is 1. The van der Waals surface area contributed by atoms with Crippen LogP contribution >= 0.6 is 0 Å². The predicted octanol–water partition coefficient (Wildman–Crippen LogP) is 8.89. The quantitative estimate of drug-likeness (QED) is 0.278. The van der Waals surface area contributed by atoms with Crippen LogP contribution in [0.25, 0.3) is 0 Å². The number of allylic oxidation sites excluding steroid dienone is 2. The van der Waals surface area contributed by atoms with E-state index in [4.69, 9.17) is 0 Å². The van der Waals surface area contributed by atoms with Crippen LogP contribution in [0.15, 0.2) is 12.2 Å². The first-order valence-electron chi connectivity index (χ1n) is 12.5. The van der Waals surface area contributed by atoms with E-state index in [-0.39, 0.29) is 18.8 Å². The second-order valence-electron chi connectivity index (χ2n) is 10.4. The second kappa shape index (κ2) is 11.0. The fourth-order valence-electron chi connectivity index (χ4n) is 6.37. The Morgan fingerprint density at radius 1 is 0.677 bits per heavy atom. The molecule has 0 spiro atoms. The molecule has 31 heavy (non-hydrogen) atoms. The number of ether oxygens (including phenoxy) is 1. The summed E-state index contributed by atoms with van der Waals surface area (Å²) in [5, 5.41) is 0. The van der Waals surface area contributed by atoms with Crippen LogP contribution in [0.3, 0.4) is 0 Å². The number of hydrogen-bond donors (Lipinski definition) is 0. The zero-order valence-corrected chi connectivity index (χ0v) is 18.8. The molecule has 3 aliphatic rings. The van der Waals surface area contributed by atoms with E-state index in [0.717, 1.165) is 17.8 Å². The Labute approximate surface area is 184 Å². The molecule has 3 aliphatic carbocycles. The van der Waals surface area contributed by atoms with Crippen LogP contribution in [0, 0.1) is 35.5 Å². The third-order valence-corrected chi connectivity index (χ3v) is 8.23. The van der Waals surface area contributed by atoms with Gasteiger partial charge in [0.25, 0.3) is 0 Å². The third kappa shape index (κ3) is 7.71. The van der Waals surface area contributed by atoms with Gasteiger partial charge < -0.3 is 0 Å². The van der Waals surface area contributed by atoms with Gasteiger partial charge in [-0.3, -0.25) is 0 Å². The maximum Gasteiger partial charge on any atom is 0.527 e. The summed E-state index contributed by atoms with van der Waals surface area (Å²) in [4.78, 5) is 0. The fourth-order valence-corrected chi connectivity index (χ4v) is 6.37. The summed E-state index contributed by atoms with van der Waals surface area (Å²) >= 11 is 0. The monoisotopic (exact) mass is 450 g/mol. The van der Waals surface area contributed by atoms with Gasteiger partial charge in [-0.25, -0.2) is 4.74 Å². The molecule has 0 heterocycles. The van der Waals surface area contributed by atoms with Gasteiger partial charge in [0.1, 0.15) is 0 Å². The normalized spacial score (nSPS) is 36.1. The van der Waals surface area contributed by atoms with E-state index in [0.29, 0.717) is 18.8 Å². The van der Waals surface area contributed by atoms with Crippen LogP contribution < -0.4 is 0 Å². The molecule has 0 aromatic carbocycles. The van der Waals surface area contributed by atoms with Crippen molar-refractivity contribution in [3.8, 4) is 0 Å². The minimum Gasteiger partial charge on any atom is -0.225 e. The highest BCUT2D eigenvalue weighted by Crippen LogP contribution is 2.44. The molecule has 3 rings (SSSR count). The van der Waals surface area contributed by atoms with Gasteiger partial charge in [0, 0.05) is 0 Å². The molecule has 0 N–H and O–H groups in total. The van der Waals surface area contributed by atoms with Crippen LogP contribution in [0.5, 0.6) is 0 Å². The molecule has 0 amide bonds. The molecule has 0 saturated heterocycles. The Balaban J connectivity index is 1.36. The van der Waals surface area contributed by atoms with E-state index in [2.05, 4.69) is 23.8 Å². The lowest BCUT2D eigenvalue weighted by molar-refractivity contribution is -0.438. The lowest BCUT2D eigenvalue weighted by Crippen LogP contribution is -2.38. The summed E-state index contributed by atoms with van der Waals surface area (Å²) in [6, 6.07) is 0. The molecule has 0 unspecified atom stereocenters. The SMILES string of the molecule is CCCC1CCC(C2CCC(C=CC3CCC(C(F)(F)OC(F)(F)F)CC3)CC2)CC1. The van der Waals surface area contributed by atoms with Crippen molar-refractivity contribution in [2.75, 3.05) is 0 Å². The molecule has 3 saturated carbocycles. The largest absolute Gasteiger partial charge is 0.527 e. The molecule has 180 valence electrons. The Kier molecular flexibility index (Phi) is 8.85. The average Bonchev–Trinajstić information content (AvgIpc) is 2.72. The molecular formula is C25H39F5O. The van der Waals surface area contributed by atoms with Crippen molar-refractivity contribution >= 4 is 0 Å². The zero-order chi connectivity index (χ0) is 22.5. The lowest BCUT2D eigenvalue weighted by atomic mass is 9.68. The highest BCUT2D eigenvalue weighted by molar-refractivity contribution is 4.97. The maximum absolute atomic E-state index is 13.7. The van der Waals surface area contributed by atoms with Gasteiger partial charge in [0.05, 0.1) is 5.92 Å². The molecule has 0 aliphatic heterocycles. The first-order chi connectivity index (χ1) is 14.7. The highest BCUT2D eigenvalue weighted by Gasteiger charge is 2.50. The first kappa shape index (κ1) is 25.0. The molecule has 0 aromatic rings. The van der Waals surface area contributed by atoms with Crippen molar-refractivity contribution in [3.63, 3.8) is 0 Å². The summed E-state index contributed by atoms with van der Waals surface area (Å²) in [6.45, 7) is 2.28. The summed E-state index contributed by atoms with van der Waals surface area (Å²) in [6.07, 6.45) is 9.50. The number of alkyl halides is 5. The lowest BCUT2D eigenvalue weighted by Gasteiger charge is -2.37.